The van der Waals surface area contributed by atoms with Crippen molar-refractivity contribution in [3.63, 3.8) is 0 Å². The van der Waals surface area contributed by atoms with Gasteiger partial charge in [0.25, 0.3) is 11.8 Å². The van der Waals surface area contributed by atoms with Crippen molar-refractivity contribution in [1.29, 1.82) is 5.26 Å². The van der Waals surface area contributed by atoms with Crippen LogP contribution >= 0.6 is 0 Å². The number of nitriles is 1. The van der Waals surface area contributed by atoms with Gasteiger partial charge in [0.15, 0.2) is 0 Å². The normalized spacial score (nSPS) is 18.7. The monoisotopic (exact) mass is 631 g/mol. The van der Waals surface area contributed by atoms with E-state index in [9.17, 15) is 23.3 Å². The van der Waals surface area contributed by atoms with E-state index in [0.717, 1.165) is 29.0 Å². The number of aromatic nitrogens is 2. The highest BCUT2D eigenvalue weighted by molar-refractivity contribution is 7.89. The highest BCUT2D eigenvalue weighted by atomic mass is 32.2. The second-order valence-corrected chi connectivity index (χ2v) is 13.6. The number of carbonyl (C=O) groups excluding carboxylic acids is 2. The van der Waals surface area contributed by atoms with Crippen molar-refractivity contribution in [2.45, 2.75) is 38.1 Å². The average Bonchev–Trinajstić information content (AvgIpc) is 3.50. The van der Waals surface area contributed by atoms with Crippen LogP contribution in [-0.4, -0.2) is 52.3 Å². The van der Waals surface area contributed by atoms with Crippen molar-refractivity contribution in [2.75, 3.05) is 13.1 Å². The molecule has 1 saturated heterocycles. The number of imide groups is 1. The molecule has 0 spiro atoms. The Balaban J connectivity index is 1.47. The molecule has 10 heteroatoms. The summed E-state index contributed by atoms with van der Waals surface area (Å²) in [5, 5.41) is 14.8. The smallest absolute Gasteiger partial charge is 0.269 e. The van der Waals surface area contributed by atoms with E-state index in [4.69, 9.17) is 5.10 Å². The summed E-state index contributed by atoms with van der Waals surface area (Å²) >= 11 is 0. The summed E-state index contributed by atoms with van der Waals surface area (Å²) < 4.78 is 30.6. The lowest BCUT2D eigenvalue weighted by molar-refractivity contribution is -0.141. The largest absolute Gasteiger partial charge is 0.271 e. The Labute approximate surface area is 268 Å². The van der Waals surface area contributed by atoms with Gasteiger partial charge in [0, 0.05) is 36.0 Å². The standard InChI is InChI=1S/C36H33N5O4S/c1-25-11-10-18-39(22-25)46(44,45)31-17-9-14-28(19-31)34-29(24-41(38-34)30-15-7-4-8-16-30)20-32-26(2)33(21-37)36(43)40(35(32)42)23-27-12-5-3-6-13-27/h3-9,12-17,19-20,24-25H,10-11,18,22-23H2,1-2H3/b32-20+. The minimum Gasteiger partial charge on any atom is -0.269 e. The molecule has 0 N–H and O–H groups in total. The number of hydrogen-bond acceptors (Lipinski definition) is 6. The van der Waals surface area contributed by atoms with Crippen LogP contribution in [0.5, 0.6) is 0 Å². The first-order valence-electron chi connectivity index (χ1n) is 15.2. The molecular formula is C36H33N5O4S. The van der Waals surface area contributed by atoms with Gasteiger partial charge in [0.1, 0.15) is 17.3 Å². The van der Waals surface area contributed by atoms with Crippen LogP contribution in [0.2, 0.25) is 0 Å². The van der Waals surface area contributed by atoms with Gasteiger partial charge in [-0.2, -0.15) is 14.7 Å². The lowest BCUT2D eigenvalue weighted by Crippen LogP contribution is -2.42. The zero-order valence-corrected chi connectivity index (χ0v) is 26.4. The van der Waals surface area contributed by atoms with Crippen LogP contribution in [0, 0.1) is 17.2 Å². The molecule has 6 rings (SSSR count). The number of piperidine rings is 1. The molecule has 2 amide bonds. The molecule has 3 heterocycles. The molecule has 0 radical (unpaired) electrons. The molecule has 9 nitrogen and oxygen atoms in total. The van der Waals surface area contributed by atoms with Crippen molar-refractivity contribution in [3.8, 4) is 23.0 Å². The first-order chi connectivity index (χ1) is 22.2. The predicted octanol–water partition coefficient (Wildman–Crippen LogP) is 5.75. The number of nitrogens with zero attached hydrogens (tertiary/aromatic N) is 5. The fourth-order valence-corrected chi connectivity index (χ4v) is 7.59. The maximum absolute atomic E-state index is 13.9. The van der Waals surface area contributed by atoms with Crippen LogP contribution in [-0.2, 0) is 26.2 Å². The molecule has 0 bridgehead atoms. The minimum atomic E-state index is -3.74. The number of rotatable bonds is 7. The molecule has 232 valence electrons. The van der Waals surface area contributed by atoms with Gasteiger partial charge < -0.3 is 0 Å². The second-order valence-electron chi connectivity index (χ2n) is 11.7. The summed E-state index contributed by atoms with van der Waals surface area (Å²) in [7, 11) is -3.74. The molecule has 0 aliphatic carbocycles. The molecule has 1 atom stereocenters. The Hall–Kier alpha value is -5.11. The summed E-state index contributed by atoms with van der Waals surface area (Å²) in [6.07, 6.45) is 5.20. The van der Waals surface area contributed by atoms with E-state index in [1.807, 2.05) is 66.7 Å². The zero-order valence-electron chi connectivity index (χ0n) is 25.6. The Morgan fingerprint density at radius 2 is 1.70 bits per heavy atom. The van der Waals surface area contributed by atoms with E-state index < -0.39 is 21.8 Å². The number of hydrogen-bond donors (Lipinski definition) is 0. The fraction of sp³-hybridized carbons (Fsp3) is 0.222. The Kier molecular flexibility index (Phi) is 8.54. The van der Waals surface area contributed by atoms with Gasteiger partial charge in [-0.3, -0.25) is 14.5 Å². The summed E-state index contributed by atoms with van der Waals surface area (Å²) in [5.74, 6) is -0.891. The highest BCUT2D eigenvalue weighted by Gasteiger charge is 2.36. The number of carbonyl (C=O) groups is 2. The van der Waals surface area contributed by atoms with Crippen molar-refractivity contribution in [1.82, 2.24) is 19.0 Å². The third-order valence-electron chi connectivity index (χ3n) is 8.44. The number of amides is 2. The highest BCUT2D eigenvalue weighted by Crippen LogP contribution is 2.33. The molecule has 46 heavy (non-hydrogen) atoms. The quantitative estimate of drug-likeness (QED) is 0.189. The Morgan fingerprint density at radius 3 is 2.39 bits per heavy atom. The maximum Gasteiger partial charge on any atom is 0.271 e. The molecule has 1 fully saturated rings. The van der Waals surface area contributed by atoms with Gasteiger partial charge >= 0.3 is 0 Å². The molecule has 3 aromatic carbocycles. The summed E-state index contributed by atoms with van der Waals surface area (Å²) in [6, 6.07) is 27.2. The molecule has 4 aromatic rings. The zero-order chi connectivity index (χ0) is 32.4. The number of benzene rings is 3. The van der Waals surface area contributed by atoms with Gasteiger partial charge in [-0.25, -0.2) is 13.1 Å². The van der Waals surface area contributed by atoms with Gasteiger partial charge in [-0.05, 0) is 67.2 Å². The van der Waals surface area contributed by atoms with E-state index in [1.165, 1.54) is 0 Å². The van der Waals surface area contributed by atoms with E-state index in [2.05, 4.69) is 6.92 Å². The number of para-hydroxylation sites is 1. The van der Waals surface area contributed by atoms with Gasteiger partial charge in [-0.15, -0.1) is 0 Å². The molecule has 1 aromatic heterocycles. The predicted molar refractivity (Wildman–Crippen MR) is 174 cm³/mol. The fourth-order valence-electron chi connectivity index (χ4n) is 5.94. The van der Waals surface area contributed by atoms with Crippen molar-refractivity contribution < 1.29 is 18.0 Å². The summed E-state index contributed by atoms with van der Waals surface area (Å²) in [6.45, 7) is 4.61. The first-order valence-corrected chi connectivity index (χ1v) is 16.6. The first kappa shape index (κ1) is 30.9. The van der Waals surface area contributed by atoms with Crippen molar-refractivity contribution in [2.24, 2.45) is 5.92 Å². The summed E-state index contributed by atoms with van der Waals surface area (Å²) in [4.78, 5) is 28.4. The molecule has 1 unspecified atom stereocenters. The van der Waals surface area contributed by atoms with Crippen molar-refractivity contribution in [3.05, 3.63) is 119 Å². The van der Waals surface area contributed by atoms with Crippen LogP contribution in [0.4, 0.5) is 0 Å². The lowest BCUT2D eigenvalue weighted by Gasteiger charge is -2.30. The number of sulfonamides is 1. The molecular weight excluding hydrogens is 598 g/mol. The Bertz CT molecular complexity index is 2020. The average molecular weight is 632 g/mol. The van der Waals surface area contributed by atoms with Crippen LogP contribution in [0.15, 0.2) is 113 Å². The lowest BCUT2D eigenvalue weighted by atomic mass is 9.93. The van der Waals surface area contributed by atoms with Crippen LogP contribution in [0.1, 0.15) is 37.8 Å². The molecule has 2 aliphatic heterocycles. The topological polar surface area (TPSA) is 116 Å². The van der Waals surface area contributed by atoms with E-state index in [0.29, 0.717) is 29.9 Å². The minimum absolute atomic E-state index is 0.0134. The molecule has 0 saturated carbocycles. The SMILES string of the molecule is CC1=C(C#N)C(=O)N(Cc2ccccc2)C(=O)/C1=C/c1cn(-c2ccccc2)nc1-c1cccc(S(=O)(=O)N2CCCC(C)C2)c1. The van der Waals surface area contributed by atoms with E-state index in [-0.39, 0.29) is 34.1 Å². The van der Waals surface area contributed by atoms with Crippen molar-refractivity contribution >= 4 is 27.9 Å². The van der Waals surface area contributed by atoms with Gasteiger partial charge in [0.05, 0.1) is 17.1 Å². The maximum atomic E-state index is 13.9. The van der Waals surface area contributed by atoms with Gasteiger partial charge in [-0.1, -0.05) is 67.6 Å². The van der Waals surface area contributed by atoms with Crippen LogP contribution < -0.4 is 0 Å². The molecule has 2 aliphatic rings. The third-order valence-corrected chi connectivity index (χ3v) is 10.3. The second kappa shape index (κ2) is 12.7. The van der Waals surface area contributed by atoms with E-state index >= 15 is 0 Å². The Morgan fingerprint density at radius 1 is 0.978 bits per heavy atom. The third kappa shape index (κ3) is 5.95. The summed E-state index contributed by atoms with van der Waals surface area (Å²) in [5.41, 5.74) is 3.39. The van der Waals surface area contributed by atoms with Gasteiger partial charge in [0.2, 0.25) is 10.0 Å². The van der Waals surface area contributed by atoms with E-state index in [1.54, 1.807) is 52.4 Å². The van der Waals surface area contributed by atoms with Crippen LogP contribution in [0.25, 0.3) is 23.0 Å². The van der Waals surface area contributed by atoms with Crippen LogP contribution in [0.3, 0.4) is 0 Å².